The molecule has 6 heteroatoms. The molecule has 0 bridgehead atoms. The van der Waals surface area contributed by atoms with Crippen LogP contribution in [0.1, 0.15) is 5.69 Å². The Morgan fingerprint density at radius 1 is 1.12 bits per heavy atom. The van der Waals surface area contributed by atoms with Crippen molar-refractivity contribution in [3.05, 3.63) is 50.9 Å². The van der Waals surface area contributed by atoms with Crippen LogP contribution in [0.5, 0.6) is 0 Å². The molecule has 0 aromatic carbocycles. The first-order valence-electron chi connectivity index (χ1n) is 4.29. The van der Waals surface area contributed by atoms with E-state index in [1.807, 2.05) is 0 Å². The molecule has 0 aliphatic rings. The van der Waals surface area contributed by atoms with E-state index in [0.29, 0.717) is 4.40 Å². The average Bonchev–Trinajstić information content (AvgIpc) is 2.21. The van der Waals surface area contributed by atoms with Crippen LogP contribution in [0, 0.1) is 0 Å². The van der Waals surface area contributed by atoms with Crippen molar-refractivity contribution in [3.63, 3.8) is 0 Å². The van der Waals surface area contributed by atoms with Crippen LogP contribution in [0.15, 0.2) is 39.6 Å². The molecule has 2 rings (SSSR count). The van der Waals surface area contributed by atoms with Crippen molar-refractivity contribution in [2.45, 2.75) is 6.18 Å². The van der Waals surface area contributed by atoms with Crippen LogP contribution < -0.4 is 5.56 Å². The SMILES string of the molecule is O=c1c(Br)ccc2cccc(C(F)(F)F)n12. The van der Waals surface area contributed by atoms with E-state index in [4.69, 9.17) is 0 Å². The number of nitrogens with zero attached hydrogens (tertiary/aromatic N) is 1. The van der Waals surface area contributed by atoms with Crippen molar-refractivity contribution in [1.82, 2.24) is 4.40 Å². The van der Waals surface area contributed by atoms with Gasteiger partial charge in [0.2, 0.25) is 0 Å². The van der Waals surface area contributed by atoms with Gasteiger partial charge in [0.15, 0.2) is 0 Å². The maximum absolute atomic E-state index is 12.7. The van der Waals surface area contributed by atoms with Crippen molar-refractivity contribution in [1.29, 1.82) is 0 Å². The maximum atomic E-state index is 12.7. The summed E-state index contributed by atoms with van der Waals surface area (Å²) in [6.07, 6.45) is -4.55. The van der Waals surface area contributed by atoms with E-state index in [-0.39, 0.29) is 9.99 Å². The molecule has 0 N–H and O–H groups in total. The Labute approximate surface area is 96.5 Å². The normalized spacial score (nSPS) is 12.0. The highest BCUT2D eigenvalue weighted by Gasteiger charge is 2.33. The Morgan fingerprint density at radius 2 is 1.81 bits per heavy atom. The second-order valence-corrected chi connectivity index (χ2v) is 4.01. The number of alkyl halides is 3. The predicted molar refractivity (Wildman–Crippen MR) is 56.4 cm³/mol. The number of halogens is 4. The average molecular weight is 292 g/mol. The maximum Gasteiger partial charge on any atom is 0.431 e. The Bertz CT molecular complexity index is 603. The molecule has 2 nitrogen and oxygen atoms in total. The fourth-order valence-corrected chi connectivity index (χ4v) is 1.75. The molecule has 0 atom stereocenters. The molecule has 2 heterocycles. The van der Waals surface area contributed by atoms with Crippen molar-refractivity contribution >= 4 is 21.4 Å². The van der Waals surface area contributed by atoms with Gasteiger partial charge >= 0.3 is 6.18 Å². The summed E-state index contributed by atoms with van der Waals surface area (Å²) in [7, 11) is 0. The lowest BCUT2D eigenvalue weighted by molar-refractivity contribution is -0.142. The highest BCUT2D eigenvalue weighted by atomic mass is 79.9. The number of hydrogen-bond donors (Lipinski definition) is 0. The fourth-order valence-electron chi connectivity index (χ4n) is 1.44. The van der Waals surface area contributed by atoms with Gasteiger partial charge in [-0.15, -0.1) is 0 Å². The summed E-state index contributed by atoms with van der Waals surface area (Å²) >= 11 is 2.92. The van der Waals surface area contributed by atoms with Gasteiger partial charge in [-0.2, -0.15) is 13.2 Å². The molecule has 0 spiro atoms. The first kappa shape index (κ1) is 11.2. The number of fused-ring (bicyclic) bond motifs is 1. The third-order valence-corrected chi connectivity index (χ3v) is 2.72. The molecule has 0 radical (unpaired) electrons. The summed E-state index contributed by atoms with van der Waals surface area (Å²) in [5.74, 6) is 0. The van der Waals surface area contributed by atoms with Gasteiger partial charge < -0.3 is 0 Å². The van der Waals surface area contributed by atoms with Crippen molar-refractivity contribution in [2.24, 2.45) is 0 Å². The third kappa shape index (κ3) is 1.73. The van der Waals surface area contributed by atoms with Gasteiger partial charge in [-0.1, -0.05) is 6.07 Å². The van der Waals surface area contributed by atoms with Crippen LogP contribution in [0.2, 0.25) is 0 Å². The van der Waals surface area contributed by atoms with Crippen LogP contribution in [0.25, 0.3) is 5.52 Å². The van der Waals surface area contributed by atoms with Gasteiger partial charge in [-0.05, 0) is 40.2 Å². The summed E-state index contributed by atoms with van der Waals surface area (Å²) in [5, 5.41) is 0. The molecule has 0 saturated heterocycles. The van der Waals surface area contributed by atoms with Crippen molar-refractivity contribution in [3.8, 4) is 0 Å². The number of aromatic nitrogens is 1. The second-order valence-electron chi connectivity index (χ2n) is 3.16. The van der Waals surface area contributed by atoms with E-state index in [1.54, 1.807) is 0 Å². The van der Waals surface area contributed by atoms with Gasteiger partial charge in [0.05, 0.1) is 4.47 Å². The zero-order chi connectivity index (χ0) is 11.9. The molecule has 0 aliphatic carbocycles. The standard InChI is InChI=1S/C10H5BrF3NO/c11-7-5-4-6-2-1-3-8(10(12,13)14)15(6)9(7)16/h1-5H. The first-order chi connectivity index (χ1) is 7.41. The molecular weight excluding hydrogens is 287 g/mol. The molecule has 16 heavy (non-hydrogen) atoms. The van der Waals surface area contributed by atoms with E-state index >= 15 is 0 Å². The van der Waals surface area contributed by atoms with Gasteiger partial charge in [0, 0.05) is 5.52 Å². The molecule has 2 aromatic heterocycles. The first-order valence-corrected chi connectivity index (χ1v) is 5.08. The third-order valence-electron chi connectivity index (χ3n) is 2.12. The number of pyridine rings is 2. The predicted octanol–water partition coefficient (Wildman–Crippen LogP) is 3.08. The number of hydrogen-bond acceptors (Lipinski definition) is 1. The molecular formula is C10H5BrF3NO. The summed E-state index contributed by atoms with van der Waals surface area (Å²) < 4.78 is 38.7. The van der Waals surface area contributed by atoms with Crippen molar-refractivity contribution in [2.75, 3.05) is 0 Å². The lowest BCUT2D eigenvalue weighted by Gasteiger charge is -2.11. The minimum absolute atomic E-state index is 0.0988. The van der Waals surface area contributed by atoms with Crippen molar-refractivity contribution < 1.29 is 13.2 Å². The molecule has 0 aliphatic heterocycles. The summed E-state index contributed by atoms with van der Waals surface area (Å²) in [6.45, 7) is 0. The monoisotopic (exact) mass is 291 g/mol. The van der Waals surface area contributed by atoms with E-state index in [1.165, 1.54) is 24.3 Å². The fraction of sp³-hybridized carbons (Fsp3) is 0.100. The van der Waals surface area contributed by atoms with E-state index in [2.05, 4.69) is 15.9 Å². The minimum Gasteiger partial charge on any atom is -0.271 e. The van der Waals surface area contributed by atoms with Gasteiger partial charge in [0.1, 0.15) is 5.69 Å². The smallest absolute Gasteiger partial charge is 0.271 e. The zero-order valence-corrected chi connectivity index (χ0v) is 9.34. The summed E-state index contributed by atoms with van der Waals surface area (Å²) in [5.41, 5.74) is -1.48. The minimum atomic E-state index is -4.55. The Hall–Kier alpha value is -1.30. The molecule has 2 aromatic rings. The van der Waals surface area contributed by atoms with Crippen LogP contribution in [-0.2, 0) is 6.18 Å². The van der Waals surface area contributed by atoms with E-state index in [0.717, 1.165) is 6.07 Å². The lowest BCUT2D eigenvalue weighted by atomic mass is 10.2. The Kier molecular flexibility index (Phi) is 2.53. The van der Waals surface area contributed by atoms with Gasteiger partial charge in [0.25, 0.3) is 5.56 Å². The largest absolute Gasteiger partial charge is 0.431 e. The van der Waals surface area contributed by atoms with Crippen LogP contribution in [-0.4, -0.2) is 4.40 Å². The Balaban J connectivity index is 2.97. The summed E-state index contributed by atoms with van der Waals surface area (Å²) in [4.78, 5) is 11.6. The van der Waals surface area contributed by atoms with E-state index in [9.17, 15) is 18.0 Å². The van der Waals surface area contributed by atoms with E-state index < -0.39 is 17.4 Å². The molecule has 0 saturated carbocycles. The number of rotatable bonds is 0. The summed E-state index contributed by atoms with van der Waals surface area (Å²) in [6, 6.07) is 6.47. The van der Waals surface area contributed by atoms with Gasteiger partial charge in [-0.3, -0.25) is 9.20 Å². The highest BCUT2D eigenvalue weighted by Crippen LogP contribution is 2.29. The Morgan fingerprint density at radius 3 is 2.44 bits per heavy atom. The van der Waals surface area contributed by atoms with Crippen LogP contribution >= 0.6 is 15.9 Å². The molecule has 0 amide bonds. The molecule has 0 unspecified atom stereocenters. The lowest BCUT2D eigenvalue weighted by Crippen LogP contribution is -2.22. The highest BCUT2D eigenvalue weighted by molar-refractivity contribution is 9.10. The zero-order valence-electron chi connectivity index (χ0n) is 7.75. The second kappa shape index (κ2) is 3.62. The molecule has 0 fully saturated rings. The topological polar surface area (TPSA) is 21.5 Å². The van der Waals surface area contributed by atoms with Gasteiger partial charge in [-0.25, -0.2) is 0 Å². The molecule has 84 valence electrons. The van der Waals surface area contributed by atoms with Crippen LogP contribution in [0.4, 0.5) is 13.2 Å². The van der Waals surface area contributed by atoms with Crippen LogP contribution in [0.3, 0.4) is 0 Å². The quantitative estimate of drug-likeness (QED) is 0.731.